The van der Waals surface area contributed by atoms with E-state index < -0.39 is 6.10 Å². The van der Waals surface area contributed by atoms with Crippen molar-refractivity contribution in [2.24, 2.45) is 0 Å². The van der Waals surface area contributed by atoms with Crippen molar-refractivity contribution in [3.05, 3.63) is 35.4 Å². The Bertz CT molecular complexity index is 751. The number of amides is 2. The quantitative estimate of drug-likeness (QED) is 0.677. The molecule has 2 heterocycles. The first kappa shape index (κ1) is 21.6. The molecular formula is C23H33N3O3. The maximum Gasteiger partial charge on any atom is 0.317 e. The number of rotatable bonds is 3. The number of aliphatic hydroxyl groups is 2. The molecule has 1 aromatic rings. The summed E-state index contributed by atoms with van der Waals surface area (Å²) in [4.78, 5) is 16.9. The van der Waals surface area contributed by atoms with Gasteiger partial charge in [0.25, 0.3) is 0 Å². The van der Waals surface area contributed by atoms with E-state index in [2.05, 4.69) is 34.2 Å². The van der Waals surface area contributed by atoms with E-state index in [0.29, 0.717) is 6.54 Å². The summed E-state index contributed by atoms with van der Waals surface area (Å²) in [6.45, 7) is 8.11. The van der Waals surface area contributed by atoms with E-state index >= 15 is 0 Å². The molecule has 0 bridgehead atoms. The monoisotopic (exact) mass is 399 g/mol. The molecule has 0 saturated carbocycles. The predicted molar refractivity (Wildman–Crippen MR) is 114 cm³/mol. The van der Waals surface area contributed by atoms with Gasteiger partial charge >= 0.3 is 6.03 Å². The van der Waals surface area contributed by atoms with Crippen LogP contribution in [0.2, 0.25) is 0 Å². The Labute approximate surface area is 173 Å². The number of nitrogens with one attached hydrogen (secondary N) is 1. The van der Waals surface area contributed by atoms with Gasteiger partial charge in [0, 0.05) is 42.7 Å². The summed E-state index contributed by atoms with van der Waals surface area (Å²) in [5.41, 5.74) is 2.03. The molecule has 2 aliphatic rings. The van der Waals surface area contributed by atoms with Crippen molar-refractivity contribution in [1.29, 1.82) is 0 Å². The van der Waals surface area contributed by atoms with E-state index in [4.69, 9.17) is 0 Å². The first-order chi connectivity index (χ1) is 13.9. The standard InChI is InChI=1S/C23H33N3O3/c1-16(2)24-23(29)25-12-4-5-13-26-20(14-25)22(21(26)15-27)19-10-8-18(9-11-19)7-6-17(3)28/h8-11,16-17,20-22,27-28H,4-5,12-15H2,1-3H3,(H,24,29)/t17-,20-,21-,22+/m0/s1. The van der Waals surface area contributed by atoms with Gasteiger partial charge in [-0.2, -0.15) is 0 Å². The smallest absolute Gasteiger partial charge is 0.317 e. The summed E-state index contributed by atoms with van der Waals surface area (Å²) in [5.74, 6) is 5.91. The molecule has 0 aliphatic carbocycles. The maximum absolute atomic E-state index is 12.6. The van der Waals surface area contributed by atoms with Crippen LogP contribution in [0.15, 0.2) is 24.3 Å². The third kappa shape index (κ3) is 5.11. The fourth-order valence-electron chi connectivity index (χ4n) is 4.44. The van der Waals surface area contributed by atoms with Gasteiger partial charge in [-0.1, -0.05) is 24.0 Å². The molecule has 2 saturated heterocycles. The van der Waals surface area contributed by atoms with E-state index in [1.165, 1.54) is 0 Å². The van der Waals surface area contributed by atoms with Crippen LogP contribution in [-0.4, -0.2) is 76.5 Å². The normalized spacial score (nSPS) is 25.7. The molecule has 3 rings (SSSR count). The number of hydrogen-bond acceptors (Lipinski definition) is 4. The van der Waals surface area contributed by atoms with Crippen LogP contribution in [0.3, 0.4) is 0 Å². The lowest BCUT2D eigenvalue weighted by Crippen LogP contribution is -2.68. The highest BCUT2D eigenvalue weighted by Gasteiger charge is 2.49. The molecular weight excluding hydrogens is 366 g/mol. The van der Waals surface area contributed by atoms with Crippen molar-refractivity contribution in [2.75, 3.05) is 26.2 Å². The minimum Gasteiger partial charge on any atom is -0.395 e. The molecule has 0 aromatic heterocycles. The van der Waals surface area contributed by atoms with Crippen LogP contribution in [-0.2, 0) is 0 Å². The molecule has 2 fully saturated rings. The summed E-state index contributed by atoms with van der Waals surface area (Å²) in [6, 6.07) is 8.46. The Morgan fingerprint density at radius 2 is 1.90 bits per heavy atom. The largest absolute Gasteiger partial charge is 0.395 e. The van der Waals surface area contributed by atoms with Gasteiger partial charge in [0.05, 0.1) is 6.61 Å². The molecule has 2 amide bonds. The zero-order valence-electron chi connectivity index (χ0n) is 17.6. The van der Waals surface area contributed by atoms with Crippen molar-refractivity contribution >= 4 is 6.03 Å². The fourth-order valence-corrected chi connectivity index (χ4v) is 4.44. The second kappa shape index (κ2) is 9.62. The first-order valence-electron chi connectivity index (χ1n) is 10.6. The molecule has 4 atom stereocenters. The first-order valence-corrected chi connectivity index (χ1v) is 10.6. The van der Waals surface area contributed by atoms with Crippen LogP contribution in [0, 0.1) is 11.8 Å². The number of nitrogens with zero attached hydrogens (tertiary/aromatic N) is 2. The third-order valence-electron chi connectivity index (χ3n) is 5.79. The van der Waals surface area contributed by atoms with Gasteiger partial charge in [0.15, 0.2) is 0 Å². The maximum atomic E-state index is 12.6. The number of carbonyl (C=O) groups is 1. The van der Waals surface area contributed by atoms with Crippen molar-refractivity contribution in [3.8, 4) is 11.8 Å². The molecule has 0 radical (unpaired) electrons. The number of urea groups is 1. The molecule has 29 heavy (non-hydrogen) atoms. The zero-order chi connectivity index (χ0) is 21.0. The fraction of sp³-hybridized carbons (Fsp3) is 0.609. The summed E-state index contributed by atoms with van der Waals surface area (Å²) in [5, 5.41) is 22.4. The van der Waals surface area contributed by atoms with Gasteiger partial charge in [0.2, 0.25) is 0 Å². The van der Waals surface area contributed by atoms with Gasteiger partial charge in [-0.3, -0.25) is 4.90 Å². The van der Waals surface area contributed by atoms with Crippen molar-refractivity contribution in [1.82, 2.24) is 15.1 Å². The summed E-state index contributed by atoms with van der Waals surface area (Å²) in [7, 11) is 0. The van der Waals surface area contributed by atoms with Crippen LogP contribution < -0.4 is 5.32 Å². The van der Waals surface area contributed by atoms with Gasteiger partial charge in [0.1, 0.15) is 6.10 Å². The highest BCUT2D eigenvalue weighted by Crippen LogP contribution is 2.41. The predicted octanol–water partition coefficient (Wildman–Crippen LogP) is 1.76. The van der Waals surface area contributed by atoms with Crippen LogP contribution in [0.4, 0.5) is 4.79 Å². The zero-order valence-corrected chi connectivity index (χ0v) is 17.6. The molecule has 0 spiro atoms. The Hall–Kier alpha value is -2.07. The number of carbonyl (C=O) groups excluding carboxylic acids is 1. The van der Waals surface area contributed by atoms with E-state index in [9.17, 15) is 15.0 Å². The topological polar surface area (TPSA) is 76.0 Å². The van der Waals surface area contributed by atoms with Crippen LogP contribution in [0.1, 0.15) is 50.7 Å². The number of benzene rings is 1. The van der Waals surface area contributed by atoms with Crippen molar-refractivity contribution in [2.45, 2.75) is 63.8 Å². The molecule has 158 valence electrons. The average Bonchev–Trinajstić information content (AvgIpc) is 2.65. The van der Waals surface area contributed by atoms with Crippen molar-refractivity contribution < 1.29 is 15.0 Å². The van der Waals surface area contributed by atoms with E-state index in [1.807, 2.05) is 30.9 Å². The van der Waals surface area contributed by atoms with Gasteiger partial charge in [-0.05, 0) is 57.9 Å². The highest BCUT2D eigenvalue weighted by atomic mass is 16.3. The average molecular weight is 400 g/mol. The molecule has 6 nitrogen and oxygen atoms in total. The third-order valence-corrected chi connectivity index (χ3v) is 5.79. The Balaban J connectivity index is 1.78. The molecule has 1 aromatic carbocycles. The highest BCUT2D eigenvalue weighted by molar-refractivity contribution is 5.74. The molecule has 6 heteroatoms. The number of aliphatic hydroxyl groups excluding tert-OH is 2. The Kier molecular flexibility index (Phi) is 7.18. The SMILES string of the molecule is CC(C)NC(=O)N1CCCCN2[C@@H](CO)[C@H](c3ccc(C#C[C@H](C)O)cc3)[C@@H]2C1. The van der Waals surface area contributed by atoms with E-state index in [0.717, 1.165) is 37.1 Å². The summed E-state index contributed by atoms with van der Waals surface area (Å²) >= 11 is 0. The van der Waals surface area contributed by atoms with Crippen LogP contribution in [0.5, 0.6) is 0 Å². The second-order valence-corrected chi connectivity index (χ2v) is 8.41. The van der Waals surface area contributed by atoms with Gasteiger partial charge in [-0.25, -0.2) is 4.79 Å². The van der Waals surface area contributed by atoms with E-state index in [-0.39, 0.29) is 36.7 Å². The molecule has 2 aliphatic heterocycles. The lowest BCUT2D eigenvalue weighted by atomic mass is 9.74. The minimum atomic E-state index is -0.647. The van der Waals surface area contributed by atoms with Gasteiger partial charge < -0.3 is 20.4 Å². The van der Waals surface area contributed by atoms with Crippen LogP contribution in [0.25, 0.3) is 0 Å². The van der Waals surface area contributed by atoms with Gasteiger partial charge in [-0.15, -0.1) is 0 Å². The minimum absolute atomic E-state index is 0.00297. The summed E-state index contributed by atoms with van der Waals surface area (Å²) in [6.07, 6.45) is 1.36. The second-order valence-electron chi connectivity index (χ2n) is 8.41. The van der Waals surface area contributed by atoms with Crippen LogP contribution >= 0.6 is 0 Å². The summed E-state index contributed by atoms with van der Waals surface area (Å²) < 4.78 is 0. The Morgan fingerprint density at radius 3 is 2.52 bits per heavy atom. The number of hydrogen-bond donors (Lipinski definition) is 3. The van der Waals surface area contributed by atoms with E-state index in [1.54, 1.807) is 6.92 Å². The Morgan fingerprint density at radius 1 is 1.21 bits per heavy atom. The van der Waals surface area contributed by atoms with Crippen molar-refractivity contribution in [3.63, 3.8) is 0 Å². The lowest BCUT2D eigenvalue weighted by Gasteiger charge is -2.57. The number of fused-ring (bicyclic) bond motifs is 1. The lowest BCUT2D eigenvalue weighted by molar-refractivity contribution is -0.0591. The molecule has 3 N–H and O–H groups in total. The molecule has 0 unspecified atom stereocenters.